The number of hydrogen-bond acceptors (Lipinski definition) is 6. The number of rotatable bonds is 7. The van der Waals surface area contributed by atoms with E-state index in [0.29, 0.717) is 11.7 Å². The Morgan fingerprint density at radius 3 is 2.76 bits per heavy atom. The third-order valence-corrected chi connectivity index (χ3v) is 5.36. The maximum absolute atomic E-state index is 12.1. The fraction of sp³-hybridized carbons (Fsp3) is 0.227. The van der Waals surface area contributed by atoms with Crippen molar-refractivity contribution in [2.75, 3.05) is 11.9 Å². The van der Waals surface area contributed by atoms with Crippen LogP contribution in [0, 0.1) is 0 Å². The maximum Gasteiger partial charge on any atom is 0.250 e. The van der Waals surface area contributed by atoms with Crippen molar-refractivity contribution in [1.82, 2.24) is 10.2 Å². The number of benzene rings is 2. The molecule has 1 amide bonds. The van der Waals surface area contributed by atoms with Gasteiger partial charge in [-0.2, -0.15) is 0 Å². The predicted octanol–water partition coefficient (Wildman–Crippen LogP) is 4.62. The SMILES string of the molecule is O=C(C=Cc1ccc(OCc2ccccc2)cc1)Nc1nnc(C2CCCO2)s1. The van der Waals surface area contributed by atoms with E-state index in [4.69, 9.17) is 9.47 Å². The van der Waals surface area contributed by atoms with Crippen LogP contribution in [-0.2, 0) is 16.1 Å². The summed E-state index contributed by atoms with van der Waals surface area (Å²) in [4.78, 5) is 12.1. The minimum absolute atomic E-state index is 0.0105. The Bertz CT molecular complexity index is 964. The fourth-order valence-electron chi connectivity index (χ4n) is 2.92. The summed E-state index contributed by atoms with van der Waals surface area (Å²) in [5, 5.41) is 12.2. The van der Waals surface area contributed by atoms with Crippen LogP contribution in [0.3, 0.4) is 0 Å². The lowest BCUT2D eigenvalue weighted by molar-refractivity contribution is -0.111. The number of anilines is 1. The first-order chi connectivity index (χ1) is 14.3. The lowest BCUT2D eigenvalue weighted by atomic mass is 10.2. The van der Waals surface area contributed by atoms with Crippen molar-refractivity contribution in [3.63, 3.8) is 0 Å². The molecular weight excluding hydrogens is 386 g/mol. The molecule has 0 spiro atoms. The Morgan fingerprint density at radius 2 is 2.00 bits per heavy atom. The second kappa shape index (κ2) is 9.45. The van der Waals surface area contributed by atoms with Crippen LogP contribution < -0.4 is 10.1 Å². The summed E-state index contributed by atoms with van der Waals surface area (Å²) in [5.41, 5.74) is 2.02. The molecule has 0 saturated carbocycles. The van der Waals surface area contributed by atoms with Gasteiger partial charge in [0.1, 0.15) is 23.5 Å². The number of ether oxygens (including phenoxy) is 2. The molecule has 1 unspecified atom stereocenters. The standard InChI is InChI=1S/C22H21N3O3S/c26-20(23-22-25-24-21(29-22)19-7-4-14-27-19)13-10-16-8-11-18(12-9-16)28-15-17-5-2-1-3-6-17/h1-3,5-6,8-13,19H,4,7,14-15H2,(H,23,25,26). The number of hydrogen-bond donors (Lipinski definition) is 1. The molecule has 4 rings (SSSR count). The number of nitrogens with zero attached hydrogens (tertiary/aromatic N) is 2. The average molecular weight is 407 g/mol. The van der Waals surface area contributed by atoms with E-state index in [2.05, 4.69) is 15.5 Å². The molecule has 1 N–H and O–H groups in total. The Balaban J connectivity index is 1.27. The van der Waals surface area contributed by atoms with Crippen molar-refractivity contribution in [2.45, 2.75) is 25.6 Å². The molecule has 1 saturated heterocycles. The summed E-state index contributed by atoms with van der Waals surface area (Å²) in [6.07, 6.45) is 5.22. The van der Waals surface area contributed by atoms with Gasteiger partial charge in [0.05, 0.1) is 0 Å². The molecule has 7 heteroatoms. The van der Waals surface area contributed by atoms with E-state index in [1.54, 1.807) is 6.08 Å². The van der Waals surface area contributed by atoms with Gasteiger partial charge in [0, 0.05) is 12.7 Å². The largest absolute Gasteiger partial charge is 0.489 e. The third kappa shape index (κ3) is 5.49. The van der Waals surface area contributed by atoms with Crippen molar-refractivity contribution < 1.29 is 14.3 Å². The van der Waals surface area contributed by atoms with E-state index in [-0.39, 0.29) is 12.0 Å². The van der Waals surface area contributed by atoms with E-state index in [9.17, 15) is 4.79 Å². The molecule has 2 heterocycles. The van der Waals surface area contributed by atoms with Crippen molar-refractivity contribution in [1.29, 1.82) is 0 Å². The molecule has 0 radical (unpaired) electrons. The predicted molar refractivity (Wildman–Crippen MR) is 113 cm³/mol. The summed E-state index contributed by atoms with van der Waals surface area (Å²) in [7, 11) is 0. The molecule has 1 fully saturated rings. The molecule has 1 aliphatic heterocycles. The fourth-order valence-corrected chi connectivity index (χ4v) is 3.75. The van der Waals surface area contributed by atoms with E-state index in [1.165, 1.54) is 17.4 Å². The molecule has 6 nitrogen and oxygen atoms in total. The van der Waals surface area contributed by atoms with Crippen LogP contribution in [0.4, 0.5) is 5.13 Å². The molecule has 1 aromatic heterocycles. The Morgan fingerprint density at radius 1 is 1.17 bits per heavy atom. The minimum Gasteiger partial charge on any atom is -0.489 e. The summed E-state index contributed by atoms with van der Waals surface area (Å²) >= 11 is 1.36. The molecule has 1 atom stereocenters. The first-order valence-corrected chi connectivity index (χ1v) is 10.3. The molecule has 1 aliphatic rings. The quantitative estimate of drug-likeness (QED) is 0.579. The van der Waals surface area contributed by atoms with Gasteiger partial charge in [-0.1, -0.05) is 53.8 Å². The Hall–Kier alpha value is -3.03. The van der Waals surface area contributed by atoms with Crippen molar-refractivity contribution in [3.8, 4) is 5.75 Å². The van der Waals surface area contributed by atoms with Gasteiger partial charge in [-0.05, 0) is 42.2 Å². The molecule has 0 bridgehead atoms. The zero-order valence-electron chi connectivity index (χ0n) is 15.8. The first-order valence-electron chi connectivity index (χ1n) is 9.47. The highest BCUT2D eigenvalue weighted by molar-refractivity contribution is 7.15. The monoisotopic (exact) mass is 407 g/mol. The van der Waals surface area contributed by atoms with Gasteiger partial charge in [-0.25, -0.2) is 0 Å². The normalized spacial score (nSPS) is 16.2. The highest BCUT2D eigenvalue weighted by Crippen LogP contribution is 2.31. The summed E-state index contributed by atoms with van der Waals surface area (Å²) < 4.78 is 11.4. The highest BCUT2D eigenvalue weighted by Gasteiger charge is 2.22. The van der Waals surface area contributed by atoms with E-state index in [1.807, 2.05) is 54.6 Å². The van der Waals surface area contributed by atoms with Crippen LogP contribution in [0.25, 0.3) is 6.08 Å². The van der Waals surface area contributed by atoms with Gasteiger partial charge in [0.2, 0.25) is 11.0 Å². The zero-order valence-corrected chi connectivity index (χ0v) is 16.6. The summed E-state index contributed by atoms with van der Waals surface area (Å²) in [6, 6.07) is 17.6. The van der Waals surface area contributed by atoms with E-state index < -0.39 is 0 Å². The van der Waals surface area contributed by atoms with Gasteiger partial charge < -0.3 is 9.47 Å². The van der Waals surface area contributed by atoms with E-state index >= 15 is 0 Å². The average Bonchev–Trinajstić information content (AvgIpc) is 3.44. The van der Waals surface area contributed by atoms with Gasteiger partial charge in [0.15, 0.2) is 0 Å². The van der Waals surface area contributed by atoms with Crippen LogP contribution in [0.1, 0.15) is 35.1 Å². The second-order valence-corrected chi connectivity index (χ2v) is 7.62. The number of aromatic nitrogens is 2. The zero-order chi connectivity index (χ0) is 19.9. The molecular formula is C22H21N3O3S. The van der Waals surface area contributed by atoms with Crippen LogP contribution in [0.5, 0.6) is 5.75 Å². The van der Waals surface area contributed by atoms with Crippen molar-refractivity contribution in [2.24, 2.45) is 0 Å². The number of nitrogens with one attached hydrogen (secondary N) is 1. The molecule has 3 aromatic rings. The third-order valence-electron chi connectivity index (χ3n) is 4.43. The molecule has 0 aliphatic carbocycles. The summed E-state index contributed by atoms with van der Waals surface area (Å²) in [5.74, 6) is 0.537. The van der Waals surface area contributed by atoms with Gasteiger partial charge in [0.25, 0.3) is 0 Å². The lowest BCUT2D eigenvalue weighted by Crippen LogP contribution is -2.07. The number of amides is 1. The van der Waals surface area contributed by atoms with Crippen LogP contribution in [0.2, 0.25) is 0 Å². The number of carbonyl (C=O) groups excluding carboxylic acids is 1. The van der Waals surface area contributed by atoms with Gasteiger partial charge >= 0.3 is 0 Å². The Labute approximate surface area is 173 Å². The second-order valence-electron chi connectivity index (χ2n) is 6.61. The van der Waals surface area contributed by atoms with Crippen molar-refractivity contribution in [3.05, 3.63) is 76.8 Å². The highest BCUT2D eigenvalue weighted by atomic mass is 32.1. The number of carbonyl (C=O) groups is 1. The van der Waals surface area contributed by atoms with E-state index in [0.717, 1.165) is 41.3 Å². The van der Waals surface area contributed by atoms with Gasteiger partial charge in [-0.3, -0.25) is 10.1 Å². The maximum atomic E-state index is 12.1. The topological polar surface area (TPSA) is 73.3 Å². The minimum atomic E-state index is -0.246. The molecule has 148 valence electrons. The van der Waals surface area contributed by atoms with Crippen LogP contribution in [-0.4, -0.2) is 22.7 Å². The van der Waals surface area contributed by atoms with Crippen molar-refractivity contribution >= 4 is 28.5 Å². The Kier molecular flexibility index (Phi) is 6.29. The molecule has 2 aromatic carbocycles. The summed E-state index contributed by atoms with van der Waals surface area (Å²) in [6.45, 7) is 1.28. The van der Waals surface area contributed by atoms with Crippen LogP contribution >= 0.6 is 11.3 Å². The lowest BCUT2D eigenvalue weighted by Gasteiger charge is -2.06. The molecule has 29 heavy (non-hydrogen) atoms. The first kappa shape index (κ1) is 19.3. The smallest absolute Gasteiger partial charge is 0.250 e. The van der Waals surface area contributed by atoms with Crippen LogP contribution in [0.15, 0.2) is 60.7 Å². The van der Waals surface area contributed by atoms with Gasteiger partial charge in [-0.15, -0.1) is 10.2 Å².